The van der Waals surface area contributed by atoms with Crippen molar-refractivity contribution in [2.24, 2.45) is 5.92 Å². The molecule has 0 radical (unpaired) electrons. The number of amides is 1. The van der Waals surface area contributed by atoms with E-state index in [-0.39, 0.29) is 11.5 Å². The quantitative estimate of drug-likeness (QED) is 0.778. The third-order valence-electron chi connectivity index (χ3n) is 5.44. The highest BCUT2D eigenvalue weighted by Gasteiger charge is 2.22. The lowest BCUT2D eigenvalue weighted by Gasteiger charge is -2.35. The van der Waals surface area contributed by atoms with Gasteiger partial charge in [0.1, 0.15) is 10.7 Å². The van der Waals surface area contributed by atoms with Gasteiger partial charge >= 0.3 is 0 Å². The van der Waals surface area contributed by atoms with Gasteiger partial charge in [0, 0.05) is 37.6 Å². The Kier molecular flexibility index (Phi) is 6.08. The van der Waals surface area contributed by atoms with Gasteiger partial charge in [0.15, 0.2) is 0 Å². The van der Waals surface area contributed by atoms with Gasteiger partial charge in [-0.05, 0) is 30.7 Å². The van der Waals surface area contributed by atoms with Crippen molar-refractivity contribution in [3.8, 4) is 0 Å². The third kappa shape index (κ3) is 4.28. The molecule has 1 aliphatic heterocycles. The van der Waals surface area contributed by atoms with E-state index in [2.05, 4.69) is 28.7 Å². The molecule has 0 saturated carbocycles. The minimum absolute atomic E-state index is 0.0207. The van der Waals surface area contributed by atoms with Gasteiger partial charge in [-0.15, -0.1) is 23.1 Å². The maximum absolute atomic E-state index is 12.5. The van der Waals surface area contributed by atoms with Crippen molar-refractivity contribution in [2.45, 2.75) is 38.9 Å². The Bertz CT molecular complexity index is 913. The number of fused-ring (bicyclic) bond motifs is 3. The standard InChI is InChI=1S/C20H28N4O2S2/c1-13(2)10-23-6-8-24(9-7-23)17(25)12-27-11-16-21-19(26)18-14-4-3-5-15(14)28-20(18)22-16/h13H,3-12H2,1-2H3,(H,21,22,26). The topological polar surface area (TPSA) is 69.3 Å². The minimum atomic E-state index is -0.0207. The molecule has 2 aliphatic rings. The zero-order valence-corrected chi connectivity index (χ0v) is 18.3. The normalized spacial score (nSPS) is 17.6. The molecule has 1 amide bonds. The summed E-state index contributed by atoms with van der Waals surface area (Å²) in [6.45, 7) is 9.11. The molecular weight excluding hydrogens is 392 g/mol. The number of aromatic nitrogens is 2. The van der Waals surface area contributed by atoms with E-state index in [0.717, 1.165) is 62.2 Å². The number of piperazine rings is 1. The number of nitrogens with one attached hydrogen (secondary N) is 1. The van der Waals surface area contributed by atoms with Crippen molar-refractivity contribution in [2.75, 3.05) is 38.5 Å². The van der Waals surface area contributed by atoms with Crippen LogP contribution in [-0.4, -0.2) is 64.2 Å². The van der Waals surface area contributed by atoms with Crippen molar-refractivity contribution >= 4 is 39.2 Å². The van der Waals surface area contributed by atoms with Crippen LogP contribution < -0.4 is 5.56 Å². The fraction of sp³-hybridized carbons (Fsp3) is 0.650. The first-order valence-electron chi connectivity index (χ1n) is 10.1. The van der Waals surface area contributed by atoms with Gasteiger partial charge in [0.2, 0.25) is 5.91 Å². The maximum atomic E-state index is 12.5. The molecule has 2 aromatic heterocycles. The molecule has 0 spiro atoms. The molecule has 0 atom stereocenters. The predicted octanol–water partition coefficient (Wildman–Crippen LogP) is 2.51. The maximum Gasteiger partial charge on any atom is 0.259 e. The summed E-state index contributed by atoms with van der Waals surface area (Å²) < 4.78 is 0. The van der Waals surface area contributed by atoms with Gasteiger partial charge in [0.05, 0.1) is 16.9 Å². The fourth-order valence-corrected chi connectivity index (χ4v) is 6.21. The van der Waals surface area contributed by atoms with E-state index in [9.17, 15) is 9.59 Å². The molecule has 0 aromatic carbocycles. The monoisotopic (exact) mass is 420 g/mol. The molecule has 8 heteroatoms. The summed E-state index contributed by atoms with van der Waals surface area (Å²) in [5, 5.41) is 0.793. The molecule has 1 saturated heterocycles. The Labute approximate surface area is 173 Å². The van der Waals surface area contributed by atoms with Crippen LogP contribution in [0.2, 0.25) is 0 Å². The van der Waals surface area contributed by atoms with E-state index in [1.807, 2.05) is 4.90 Å². The summed E-state index contributed by atoms with van der Waals surface area (Å²) in [5.41, 5.74) is 1.19. The first-order chi connectivity index (χ1) is 13.5. The number of aryl methyl sites for hydroxylation is 2. The highest BCUT2D eigenvalue weighted by Crippen LogP contribution is 2.34. The summed E-state index contributed by atoms with van der Waals surface area (Å²) in [7, 11) is 0. The number of thioether (sulfide) groups is 1. The van der Waals surface area contributed by atoms with Crippen LogP contribution >= 0.6 is 23.1 Å². The Balaban J connectivity index is 1.29. The molecular formula is C20H28N4O2S2. The van der Waals surface area contributed by atoms with Crippen LogP contribution in [0.15, 0.2) is 4.79 Å². The first kappa shape index (κ1) is 19.9. The number of hydrogen-bond acceptors (Lipinski definition) is 6. The van der Waals surface area contributed by atoms with Crippen molar-refractivity contribution in [3.63, 3.8) is 0 Å². The van der Waals surface area contributed by atoms with Crippen molar-refractivity contribution < 1.29 is 4.79 Å². The van der Waals surface area contributed by atoms with Gasteiger partial charge in [-0.3, -0.25) is 14.5 Å². The lowest BCUT2D eigenvalue weighted by Crippen LogP contribution is -2.50. The number of thiophene rings is 1. The average Bonchev–Trinajstić information content (AvgIpc) is 3.22. The zero-order chi connectivity index (χ0) is 19.7. The molecule has 0 unspecified atom stereocenters. The number of carbonyl (C=O) groups is 1. The molecule has 1 aliphatic carbocycles. The van der Waals surface area contributed by atoms with Crippen molar-refractivity contribution in [1.82, 2.24) is 19.8 Å². The second-order valence-electron chi connectivity index (χ2n) is 8.12. The van der Waals surface area contributed by atoms with E-state index in [1.165, 1.54) is 22.2 Å². The molecule has 28 heavy (non-hydrogen) atoms. The van der Waals surface area contributed by atoms with Crippen LogP contribution in [0.1, 0.15) is 36.5 Å². The van der Waals surface area contributed by atoms with Crippen LogP contribution in [0.4, 0.5) is 0 Å². The smallest absolute Gasteiger partial charge is 0.259 e. The molecule has 2 aromatic rings. The second kappa shape index (κ2) is 8.55. The lowest BCUT2D eigenvalue weighted by atomic mass is 10.2. The Morgan fingerprint density at radius 2 is 2.04 bits per heavy atom. The Morgan fingerprint density at radius 3 is 2.79 bits per heavy atom. The highest BCUT2D eigenvalue weighted by molar-refractivity contribution is 7.99. The van der Waals surface area contributed by atoms with E-state index in [4.69, 9.17) is 0 Å². The van der Waals surface area contributed by atoms with Crippen molar-refractivity contribution in [3.05, 3.63) is 26.6 Å². The third-order valence-corrected chi connectivity index (χ3v) is 7.55. The van der Waals surface area contributed by atoms with E-state index in [1.54, 1.807) is 11.3 Å². The number of rotatable bonds is 6. The van der Waals surface area contributed by atoms with Gasteiger partial charge in [-0.1, -0.05) is 13.8 Å². The number of nitrogens with zero attached hydrogens (tertiary/aromatic N) is 3. The Morgan fingerprint density at radius 1 is 1.25 bits per heavy atom. The van der Waals surface area contributed by atoms with Crippen LogP contribution in [0.25, 0.3) is 10.2 Å². The van der Waals surface area contributed by atoms with Crippen LogP contribution in [0.3, 0.4) is 0 Å². The second-order valence-corrected chi connectivity index (χ2v) is 10.2. The fourth-order valence-electron chi connectivity index (χ4n) is 4.14. The molecule has 4 rings (SSSR count). The Hall–Kier alpha value is -1.38. The van der Waals surface area contributed by atoms with Crippen LogP contribution in [-0.2, 0) is 23.4 Å². The number of carbonyl (C=O) groups excluding carboxylic acids is 1. The molecule has 1 N–H and O–H groups in total. The van der Waals surface area contributed by atoms with Gasteiger partial charge in [-0.25, -0.2) is 4.98 Å². The largest absolute Gasteiger partial charge is 0.339 e. The molecule has 1 fully saturated rings. The molecule has 3 heterocycles. The van der Waals surface area contributed by atoms with Crippen LogP contribution in [0.5, 0.6) is 0 Å². The highest BCUT2D eigenvalue weighted by atomic mass is 32.2. The van der Waals surface area contributed by atoms with E-state index < -0.39 is 0 Å². The summed E-state index contributed by atoms with van der Waals surface area (Å²) in [5.74, 6) is 2.53. The first-order valence-corrected chi connectivity index (χ1v) is 12.1. The average molecular weight is 421 g/mol. The van der Waals surface area contributed by atoms with Gasteiger partial charge in [0.25, 0.3) is 5.56 Å². The zero-order valence-electron chi connectivity index (χ0n) is 16.6. The van der Waals surface area contributed by atoms with Crippen LogP contribution in [0, 0.1) is 5.92 Å². The predicted molar refractivity (Wildman–Crippen MR) is 116 cm³/mol. The van der Waals surface area contributed by atoms with E-state index in [0.29, 0.717) is 23.2 Å². The summed E-state index contributed by atoms with van der Waals surface area (Å²) in [4.78, 5) is 39.2. The van der Waals surface area contributed by atoms with Gasteiger partial charge < -0.3 is 9.88 Å². The van der Waals surface area contributed by atoms with Crippen molar-refractivity contribution in [1.29, 1.82) is 0 Å². The number of aromatic amines is 1. The lowest BCUT2D eigenvalue weighted by molar-refractivity contribution is -0.130. The summed E-state index contributed by atoms with van der Waals surface area (Å²) >= 11 is 3.20. The summed E-state index contributed by atoms with van der Waals surface area (Å²) in [6, 6.07) is 0. The molecule has 6 nitrogen and oxygen atoms in total. The SMILES string of the molecule is CC(C)CN1CCN(C(=O)CSCc2nc3sc4c(c3c(=O)[nH]2)CCC4)CC1. The molecule has 152 valence electrons. The number of H-pyrrole nitrogens is 1. The van der Waals surface area contributed by atoms with Gasteiger partial charge in [-0.2, -0.15) is 0 Å². The number of hydrogen-bond donors (Lipinski definition) is 1. The molecule has 0 bridgehead atoms. The van der Waals surface area contributed by atoms with E-state index >= 15 is 0 Å². The summed E-state index contributed by atoms with van der Waals surface area (Å²) in [6.07, 6.45) is 3.20. The minimum Gasteiger partial charge on any atom is -0.339 e.